The number of hydrogen-bond donors (Lipinski definition) is 1. The van der Waals surface area contributed by atoms with Crippen molar-refractivity contribution in [3.63, 3.8) is 0 Å². The Hall–Kier alpha value is -3.48. The predicted octanol–water partition coefficient (Wildman–Crippen LogP) is 4.44. The van der Waals surface area contributed by atoms with Gasteiger partial charge in [-0.25, -0.2) is 9.37 Å². The van der Waals surface area contributed by atoms with E-state index in [-0.39, 0.29) is 22.2 Å². The fourth-order valence-electron chi connectivity index (χ4n) is 2.59. The Morgan fingerprint density at radius 3 is 2.50 bits per heavy atom. The Bertz CT molecular complexity index is 1300. The Balaban J connectivity index is 1.57. The van der Waals surface area contributed by atoms with Gasteiger partial charge in [-0.3, -0.25) is 4.79 Å². The van der Waals surface area contributed by atoms with Gasteiger partial charge in [0.2, 0.25) is 11.8 Å². The van der Waals surface area contributed by atoms with Crippen molar-refractivity contribution in [3.05, 3.63) is 81.2 Å². The zero-order valence-electron chi connectivity index (χ0n) is 15.1. The maximum absolute atomic E-state index is 13.2. The fraction of sp³-hybridized carbons (Fsp3) is 0.0500. The van der Waals surface area contributed by atoms with Crippen molar-refractivity contribution >= 4 is 23.4 Å². The summed E-state index contributed by atoms with van der Waals surface area (Å²) in [4.78, 5) is 19.2. The molecule has 0 bridgehead atoms. The smallest absolute Gasteiger partial charge is 0.270 e. The first kappa shape index (κ1) is 19.8. The SMILES string of the molecule is N#Cc1c(-c2ccc(F)cc2)nc(SCc2nnc(-c3ccc(Cl)cc3)o2)[nH]c1=O. The normalized spacial score (nSPS) is 10.7. The Kier molecular flexibility index (Phi) is 5.61. The minimum absolute atomic E-state index is 0.145. The number of halogens is 2. The molecular formula is C20H11ClFN5O2S. The third-order valence-electron chi connectivity index (χ3n) is 4.02. The summed E-state index contributed by atoms with van der Waals surface area (Å²) in [5, 5.41) is 18.2. The van der Waals surface area contributed by atoms with Gasteiger partial charge in [0.1, 0.15) is 17.4 Å². The number of rotatable bonds is 5. The second kappa shape index (κ2) is 8.49. The quantitative estimate of drug-likeness (QED) is 0.361. The van der Waals surface area contributed by atoms with Gasteiger partial charge in [0.05, 0.1) is 11.4 Å². The second-order valence-corrected chi connectivity index (χ2v) is 7.41. The Labute approximate surface area is 178 Å². The molecule has 0 saturated carbocycles. The monoisotopic (exact) mass is 439 g/mol. The first-order valence-corrected chi connectivity index (χ1v) is 9.91. The molecule has 2 heterocycles. The molecule has 0 amide bonds. The molecule has 30 heavy (non-hydrogen) atoms. The maximum Gasteiger partial charge on any atom is 0.270 e. The van der Waals surface area contributed by atoms with Crippen LogP contribution in [-0.2, 0) is 5.75 Å². The average Bonchev–Trinajstić information content (AvgIpc) is 3.22. The molecule has 0 atom stereocenters. The van der Waals surface area contributed by atoms with E-state index in [0.717, 1.165) is 17.3 Å². The third-order valence-corrected chi connectivity index (χ3v) is 5.13. The number of benzene rings is 2. The molecule has 0 spiro atoms. The second-order valence-electron chi connectivity index (χ2n) is 6.01. The van der Waals surface area contributed by atoms with Crippen LogP contribution in [0.25, 0.3) is 22.7 Å². The first-order chi connectivity index (χ1) is 14.5. The van der Waals surface area contributed by atoms with Gasteiger partial charge < -0.3 is 9.40 Å². The lowest BCUT2D eigenvalue weighted by atomic mass is 10.1. The summed E-state index contributed by atoms with van der Waals surface area (Å²) >= 11 is 7.04. The predicted molar refractivity (Wildman–Crippen MR) is 109 cm³/mol. The number of H-pyrrole nitrogens is 1. The van der Waals surface area contributed by atoms with Gasteiger partial charge in [0.25, 0.3) is 5.56 Å². The van der Waals surface area contributed by atoms with Crippen molar-refractivity contribution in [2.45, 2.75) is 10.9 Å². The van der Waals surface area contributed by atoms with Crippen LogP contribution >= 0.6 is 23.4 Å². The zero-order valence-corrected chi connectivity index (χ0v) is 16.7. The van der Waals surface area contributed by atoms with Crippen LogP contribution in [0.3, 0.4) is 0 Å². The molecule has 0 aliphatic rings. The number of nitrogens with one attached hydrogen (secondary N) is 1. The molecule has 2 aromatic heterocycles. The van der Waals surface area contributed by atoms with Gasteiger partial charge in [0.15, 0.2) is 5.16 Å². The van der Waals surface area contributed by atoms with Crippen molar-refractivity contribution in [1.29, 1.82) is 5.26 Å². The molecule has 4 aromatic rings. The summed E-state index contributed by atoms with van der Waals surface area (Å²) in [6.07, 6.45) is 0. The lowest BCUT2D eigenvalue weighted by Crippen LogP contribution is -2.14. The molecule has 0 saturated heterocycles. The molecule has 0 fully saturated rings. The summed E-state index contributed by atoms with van der Waals surface area (Å²) in [5.41, 5.74) is 0.641. The highest BCUT2D eigenvalue weighted by molar-refractivity contribution is 7.98. The lowest BCUT2D eigenvalue weighted by Gasteiger charge is -2.05. The van der Waals surface area contributed by atoms with Gasteiger partial charge in [0, 0.05) is 16.1 Å². The standard InChI is InChI=1S/C20H11ClFN5O2S/c21-13-5-1-12(2-6-13)19-27-26-16(29-19)10-30-20-24-17(15(9-23)18(28)25-20)11-3-7-14(22)8-4-11/h1-8H,10H2,(H,24,25,28). The van der Waals surface area contributed by atoms with Gasteiger partial charge in [-0.15, -0.1) is 10.2 Å². The average molecular weight is 440 g/mol. The van der Waals surface area contributed by atoms with Gasteiger partial charge in [-0.1, -0.05) is 23.4 Å². The van der Waals surface area contributed by atoms with Crippen molar-refractivity contribution in [3.8, 4) is 28.8 Å². The molecule has 2 aromatic carbocycles. The minimum atomic E-state index is -0.582. The molecule has 4 rings (SSSR count). The summed E-state index contributed by atoms with van der Waals surface area (Å²) in [6.45, 7) is 0. The number of aromatic nitrogens is 4. The van der Waals surface area contributed by atoms with Crippen LogP contribution in [-0.4, -0.2) is 20.2 Å². The van der Waals surface area contributed by atoms with Gasteiger partial charge in [-0.2, -0.15) is 5.26 Å². The van der Waals surface area contributed by atoms with E-state index in [1.807, 2.05) is 6.07 Å². The molecule has 0 radical (unpaired) electrons. The van der Waals surface area contributed by atoms with E-state index in [1.165, 1.54) is 24.3 Å². The minimum Gasteiger partial charge on any atom is -0.420 e. The van der Waals surface area contributed by atoms with Gasteiger partial charge in [-0.05, 0) is 48.5 Å². The van der Waals surface area contributed by atoms with Crippen molar-refractivity contribution < 1.29 is 8.81 Å². The maximum atomic E-state index is 13.2. The van der Waals surface area contributed by atoms with Crippen LogP contribution in [0, 0.1) is 17.1 Å². The van der Waals surface area contributed by atoms with E-state index in [4.69, 9.17) is 16.0 Å². The number of aromatic amines is 1. The molecule has 0 unspecified atom stereocenters. The Morgan fingerprint density at radius 2 is 1.80 bits per heavy atom. The molecular weight excluding hydrogens is 429 g/mol. The topological polar surface area (TPSA) is 108 Å². The molecule has 1 N–H and O–H groups in total. The summed E-state index contributed by atoms with van der Waals surface area (Å²) < 4.78 is 18.8. The molecule has 148 valence electrons. The van der Waals surface area contributed by atoms with Crippen molar-refractivity contribution in [1.82, 2.24) is 20.2 Å². The highest BCUT2D eigenvalue weighted by Crippen LogP contribution is 2.26. The number of nitriles is 1. The number of thioether (sulfide) groups is 1. The zero-order chi connectivity index (χ0) is 21.1. The van der Waals surface area contributed by atoms with E-state index in [2.05, 4.69) is 20.2 Å². The summed E-state index contributed by atoms with van der Waals surface area (Å²) in [7, 11) is 0. The van der Waals surface area contributed by atoms with E-state index in [0.29, 0.717) is 22.4 Å². The van der Waals surface area contributed by atoms with Crippen LogP contribution in [0.2, 0.25) is 5.02 Å². The van der Waals surface area contributed by atoms with Crippen LogP contribution in [0.1, 0.15) is 11.5 Å². The van der Waals surface area contributed by atoms with Crippen molar-refractivity contribution in [2.75, 3.05) is 0 Å². The molecule has 10 heteroatoms. The third kappa shape index (κ3) is 4.25. The van der Waals surface area contributed by atoms with Crippen LogP contribution in [0.5, 0.6) is 0 Å². The molecule has 0 aliphatic carbocycles. The van der Waals surface area contributed by atoms with Crippen molar-refractivity contribution in [2.24, 2.45) is 0 Å². The van der Waals surface area contributed by atoms with E-state index in [9.17, 15) is 14.4 Å². The highest BCUT2D eigenvalue weighted by atomic mass is 35.5. The number of nitrogens with zero attached hydrogens (tertiary/aromatic N) is 4. The fourth-order valence-corrected chi connectivity index (χ4v) is 3.42. The van der Waals surface area contributed by atoms with Crippen LogP contribution in [0.15, 0.2) is 62.9 Å². The lowest BCUT2D eigenvalue weighted by molar-refractivity contribution is 0.528. The van der Waals surface area contributed by atoms with E-state index >= 15 is 0 Å². The van der Waals surface area contributed by atoms with Gasteiger partial charge >= 0.3 is 0 Å². The molecule has 0 aliphatic heterocycles. The Morgan fingerprint density at radius 1 is 1.10 bits per heavy atom. The first-order valence-electron chi connectivity index (χ1n) is 8.55. The van der Waals surface area contributed by atoms with Crippen LogP contribution in [0.4, 0.5) is 4.39 Å². The largest absolute Gasteiger partial charge is 0.420 e. The van der Waals surface area contributed by atoms with E-state index < -0.39 is 11.4 Å². The summed E-state index contributed by atoms with van der Waals surface area (Å²) in [5.74, 6) is 0.499. The van der Waals surface area contributed by atoms with Crippen LogP contribution < -0.4 is 5.56 Å². The van der Waals surface area contributed by atoms with E-state index in [1.54, 1.807) is 24.3 Å². The molecule has 7 nitrogen and oxygen atoms in total. The highest BCUT2D eigenvalue weighted by Gasteiger charge is 2.15. The summed E-state index contributed by atoms with van der Waals surface area (Å²) in [6, 6.07) is 14.2. The number of hydrogen-bond acceptors (Lipinski definition) is 7.